The topological polar surface area (TPSA) is 65.7 Å². The second-order valence-corrected chi connectivity index (χ2v) is 8.24. The molecule has 3 heterocycles. The van der Waals surface area contributed by atoms with E-state index in [4.69, 9.17) is 4.42 Å². The molecule has 7 heteroatoms. The summed E-state index contributed by atoms with van der Waals surface area (Å²) in [7, 11) is 1.90. The molecule has 2 aliphatic rings. The highest BCUT2D eigenvalue weighted by Gasteiger charge is 2.26. The van der Waals surface area contributed by atoms with Crippen LogP contribution in [-0.4, -0.2) is 69.8 Å². The van der Waals surface area contributed by atoms with Gasteiger partial charge < -0.3 is 9.32 Å². The normalized spacial score (nSPS) is 19.3. The number of nitrogens with zero attached hydrogens (tertiary/aromatic N) is 5. The number of amides is 1. The number of hydrogen-bond acceptors (Lipinski definition) is 6. The van der Waals surface area contributed by atoms with Gasteiger partial charge in [0.1, 0.15) is 6.26 Å². The van der Waals surface area contributed by atoms with Gasteiger partial charge in [0.05, 0.1) is 6.54 Å². The predicted octanol–water partition coefficient (Wildman–Crippen LogP) is 2.79. The lowest BCUT2D eigenvalue weighted by Gasteiger charge is -2.34. The van der Waals surface area contributed by atoms with E-state index in [0.717, 1.165) is 45.6 Å². The van der Waals surface area contributed by atoms with Gasteiger partial charge in [-0.2, -0.15) is 0 Å². The third-order valence-electron chi connectivity index (χ3n) is 6.19. The summed E-state index contributed by atoms with van der Waals surface area (Å²) in [6.45, 7) is 5.58. The first-order valence-corrected chi connectivity index (χ1v) is 10.7. The number of carbonyl (C=O) groups excluding carboxylic acids is 1. The van der Waals surface area contributed by atoms with E-state index in [1.807, 2.05) is 24.3 Å². The van der Waals surface area contributed by atoms with Gasteiger partial charge in [-0.15, -0.1) is 0 Å². The van der Waals surface area contributed by atoms with Crippen molar-refractivity contribution in [3.8, 4) is 0 Å². The first-order valence-electron chi connectivity index (χ1n) is 10.7. The molecule has 156 valence electrons. The first kappa shape index (κ1) is 20.0. The van der Waals surface area contributed by atoms with Crippen LogP contribution in [0.5, 0.6) is 0 Å². The van der Waals surface area contributed by atoms with Gasteiger partial charge in [-0.25, -0.2) is 4.98 Å². The molecule has 0 N–H and O–H groups in total. The van der Waals surface area contributed by atoms with Gasteiger partial charge >= 0.3 is 0 Å². The first-order chi connectivity index (χ1) is 14.2. The molecular formula is C22H31N5O2. The highest BCUT2D eigenvalue weighted by molar-refractivity contribution is 5.92. The van der Waals surface area contributed by atoms with Gasteiger partial charge in [-0.3, -0.25) is 19.6 Å². The number of aromatic nitrogens is 2. The SMILES string of the molecule is CN(C(=O)c1coc(CN2CCN(Cc3ccncc3)CC2)n1)C1CCCCC1. The molecule has 2 aromatic rings. The van der Waals surface area contributed by atoms with E-state index >= 15 is 0 Å². The number of piperazine rings is 1. The second kappa shape index (κ2) is 9.50. The largest absolute Gasteiger partial charge is 0.447 e. The zero-order valence-electron chi connectivity index (χ0n) is 17.3. The zero-order valence-corrected chi connectivity index (χ0v) is 17.3. The van der Waals surface area contributed by atoms with Crippen LogP contribution in [0.4, 0.5) is 0 Å². The second-order valence-electron chi connectivity index (χ2n) is 8.24. The molecule has 0 bridgehead atoms. The summed E-state index contributed by atoms with van der Waals surface area (Å²) in [5.74, 6) is 0.613. The molecule has 0 atom stereocenters. The van der Waals surface area contributed by atoms with Crippen molar-refractivity contribution in [3.05, 3.63) is 47.9 Å². The Morgan fingerprint density at radius 3 is 2.41 bits per heavy atom. The van der Waals surface area contributed by atoms with Crippen LogP contribution in [0.1, 0.15) is 54.0 Å². The number of pyridine rings is 1. The molecule has 0 unspecified atom stereocenters. The molecule has 0 radical (unpaired) electrons. The van der Waals surface area contributed by atoms with Gasteiger partial charge in [0.2, 0.25) is 5.89 Å². The fourth-order valence-corrected chi connectivity index (χ4v) is 4.34. The van der Waals surface area contributed by atoms with E-state index < -0.39 is 0 Å². The number of rotatable bonds is 6. The van der Waals surface area contributed by atoms with E-state index in [2.05, 4.69) is 31.9 Å². The van der Waals surface area contributed by atoms with Crippen molar-refractivity contribution in [2.45, 2.75) is 51.2 Å². The van der Waals surface area contributed by atoms with Gasteiger partial charge in [0.25, 0.3) is 5.91 Å². The van der Waals surface area contributed by atoms with Gasteiger partial charge in [-0.05, 0) is 30.5 Å². The lowest BCUT2D eigenvalue weighted by atomic mass is 9.94. The number of hydrogen-bond donors (Lipinski definition) is 0. The summed E-state index contributed by atoms with van der Waals surface area (Å²) in [6, 6.07) is 4.48. The Labute approximate surface area is 172 Å². The van der Waals surface area contributed by atoms with E-state index in [-0.39, 0.29) is 5.91 Å². The van der Waals surface area contributed by atoms with Crippen molar-refractivity contribution in [1.29, 1.82) is 0 Å². The number of carbonyl (C=O) groups is 1. The summed E-state index contributed by atoms with van der Waals surface area (Å²) < 4.78 is 5.63. The molecule has 0 aromatic carbocycles. The van der Waals surface area contributed by atoms with Crippen LogP contribution in [0.15, 0.2) is 35.2 Å². The summed E-state index contributed by atoms with van der Waals surface area (Å²) in [4.78, 5) is 28.0. The Bertz CT molecular complexity index is 780. The molecule has 7 nitrogen and oxygen atoms in total. The van der Waals surface area contributed by atoms with Crippen LogP contribution in [0.3, 0.4) is 0 Å². The van der Waals surface area contributed by atoms with Crippen LogP contribution in [0, 0.1) is 0 Å². The highest BCUT2D eigenvalue weighted by Crippen LogP contribution is 2.23. The maximum absolute atomic E-state index is 12.7. The minimum Gasteiger partial charge on any atom is -0.447 e. The standard InChI is InChI=1S/C22H31N5O2/c1-25(19-5-3-2-4-6-19)22(28)20-17-29-21(24-20)16-27-13-11-26(12-14-27)15-18-7-9-23-10-8-18/h7-10,17,19H,2-6,11-16H2,1H3. The Hall–Kier alpha value is -2.25. The molecule has 1 aliphatic carbocycles. The van der Waals surface area contributed by atoms with Crippen molar-refractivity contribution >= 4 is 5.91 Å². The van der Waals surface area contributed by atoms with Crippen molar-refractivity contribution in [1.82, 2.24) is 24.7 Å². The summed E-state index contributed by atoms with van der Waals surface area (Å²) in [5, 5.41) is 0. The molecule has 1 saturated carbocycles. The highest BCUT2D eigenvalue weighted by atomic mass is 16.3. The Morgan fingerprint density at radius 2 is 1.72 bits per heavy atom. The van der Waals surface area contributed by atoms with Crippen LogP contribution in [-0.2, 0) is 13.1 Å². The van der Waals surface area contributed by atoms with Crippen LogP contribution >= 0.6 is 0 Å². The Morgan fingerprint density at radius 1 is 1.07 bits per heavy atom. The van der Waals surface area contributed by atoms with E-state index in [1.54, 1.807) is 0 Å². The monoisotopic (exact) mass is 397 g/mol. The average Bonchev–Trinajstić information content (AvgIpc) is 3.24. The minimum absolute atomic E-state index is 0.0194. The fraction of sp³-hybridized carbons (Fsp3) is 0.591. The molecule has 1 amide bonds. The quantitative estimate of drug-likeness (QED) is 0.747. The van der Waals surface area contributed by atoms with Gasteiger partial charge in [0, 0.05) is 58.2 Å². The van der Waals surface area contributed by atoms with Gasteiger partial charge in [-0.1, -0.05) is 19.3 Å². The van der Waals surface area contributed by atoms with Gasteiger partial charge in [0.15, 0.2) is 5.69 Å². The molecular weight excluding hydrogens is 366 g/mol. The third-order valence-corrected chi connectivity index (χ3v) is 6.19. The van der Waals surface area contributed by atoms with Crippen molar-refractivity contribution in [3.63, 3.8) is 0 Å². The average molecular weight is 398 g/mol. The Kier molecular flexibility index (Phi) is 6.56. The predicted molar refractivity (Wildman–Crippen MR) is 110 cm³/mol. The summed E-state index contributed by atoms with van der Waals surface area (Å²) >= 11 is 0. The summed E-state index contributed by atoms with van der Waals surface area (Å²) in [5.41, 5.74) is 1.73. The van der Waals surface area contributed by atoms with Crippen molar-refractivity contribution < 1.29 is 9.21 Å². The molecule has 1 aliphatic heterocycles. The van der Waals surface area contributed by atoms with E-state index in [9.17, 15) is 4.79 Å². The smallest absolute Gasteiger partial charge is 0.275 e. The zero-order chi connectivity index (χ0) is 20.1. The molecule has 29 heavy (non-hydrogen) atoms. The molecule has 4 rings (SSSR count). The maximum atomic E-state index is 12.7. The van der Waals surface area contributed by atoms with Crippen molar-refractivity contribution in [2.75, 3.05) is 33.2 Å². The maximum Gasteiger partial charge on any atom is 0.275 e. The molecule has 1 saturated heterocycles. The van der Waals surface area contributed by atoms with Crippen LogP contribution < -0.4 is 0 Å². The molecule has 0 spiro atoms. The lowest BCUT2D eigenvalue weighted by Crippen LogP contribution is -2.45. The van der Waals surface area contributed by atoms with Crippen LogP contribution in [0.2, 0.25) is 0 Å². The van der Waals surface area contributed by atoms with Crippen molar-refractivity contribution in [2.24, 2.45) is 0 Å². The van der Waals surface area contributed by atoms with E-state index in [0.29, 0.717) is 24.2 Å². The van der Waals surface area contributed by atoms with Crippen LogP contribution in [0.25, 0.3) is 0 Å². The third kappa shape index (κ3) is 5.22. The number of oxazole rings is 1. The summed E-state index contributed by atoms with van der Waals surface area (Å²) in [6.07, 6.45) is 11.1. The van der Waals surface area contributed by atoms with E-state index in [1.165, 1.54) is 31.1 Å². The molecule has 2 fully saturated rings. The lowest BCUT2D eigenvalue weighted by molar-refractivity contribution is 0.0690. The minimum atomic E-state index is -0.0194. The Balaban J connectivity index is 1.26. The fourth-order valence-electron chi connectivity index (χ4n) is 4.34. The molecule has 2 aromatic heterocycles.